The molecule has 0 bridgehead atoms. The first-order valence-electron chi connectivity index (χ1n) is 11.2. The monoisotopic (exact) mass is 458 g/mol. The van der Waals surface area contributed by atoms with Crippen molar-refractivity contribution in [2.24, 2.45) is 0 Å². The van der Waals surface area contributed by atoms with Crippen LogP contribution in [0.1, 0.15) is 0 Å². The zero-order chi connectivity index (χ0) is 22.9. The number of thiazole rings is 1. The van der Waals surface area contributed by atoms with Gasteiger partial charge in [0.15, 0.2) is 4.96 Å². The topological polar surface area (TPSA) is 26.5 Å². The van der Waals surface area contributed by atoms with Crippen LogP contribution in [-0.4, -0.2) is 16.5 Å². The molecule has 2 heterocycles. The molecule has 0 amide bonds. The van der Waals surface area contributed by atoms with E-state index in [1.165, 1.54) is 10.4 Å². The van der Waals surface area contributed by atoms with Gasteiger partial charge in [-0.05, 0) is 29.8 Å². The third kappa shape index (κ3) is 3.49. The summed E-state index contributed by atoms with van der Waals surface area (Å²) in [7, 11) is 1.70. The van der Waals surface area contributed by atoms with Gasteiger partial charge in [0, 0.05) is 16.7 Å². The van der Waals surface area contributed by atoms with Gasteiger partial charge in [-0.15, -0.1) is 0 Å². The second kappa shape index (κ2) is 8.65. The summed E-state index contributed by atoms with van der Waals surface area (Å²) >= 11 is 1.73. The van der Waals surface area contributed by atoms with E-state index in [1.54, 1.807) is 18.4 Å². The second-order valence-corrected chi connectivity index (χ2v) is 9.01. The summed E-state index contributed by atoms with van der Waals surface area (Å²) in [6.07, 6.45) is 0. The molecule has 0 radical (unpaired) electrons. The van der Waals surface area contributed by atoms with E-state index in [2.05, 4.69) is 101 Å². The fourth-order valence-electron chi connectivity index (χ4n) is 4.37. The van der Waals surface area contributed by atoms with Gasteiger partial charge in [0.05, 0.1) is 29.1 Å². The lowest BCUT2D eigenvalue weighted by atomic mass is 10.0. The number of benzene rings is 4. The summed E-state index contributed by atoms with van der Waals surface area (Å²) in [6.45, 7) is 0. The highest BCUT2D eigenvalue weighted by atomic mass is 32.1. The Morgan fingerprint density at radius 3 is 1.71 bits per heavy atom. The first kappa shape index (κ1) is 20.5. The van der Waals surface area contributed by atoms with Crippen molar-refractivity contribution in [1.29, 1.82) is 0 Å². The maximum atomic E-state index is 5.43. The molecule has 0 fully saturated rings. The van der Waals surface area contributed by atoms with Crippen molar-refractivity contribution in [2.45, 2.75) is 0 Å². The van der Waals surface area contributed by atoms with Gasteiger partial charge in [0.1, 0.15) is 5.75 Å². The summed E-state index contributed by atoms with van der Waals surface area (Å²) in [5.41, 5.74) is 7.80. The zero-order valence-corrected chi connectivity index (χ0v) is 19.5. The molecule has 0 saturated heterocycles. The third-order valence-electron chi connectivity index (χ3n) is 5.97. The first-order chi connectivity index (χ1) is 16.8. The molecule has 0 aliphatic carbocycles. The zero-order valence-electron chi connectivity index (χ0n) is 18.7. The van der Waals surface area contributed by atoms with E-state index >= 15 is 0 Å². The van der Waals surface area contributed by atoms with E-state index in [0.29, 0.717) is 0 Å². The van der Waals surface area contributed by atoms with Gasteiger partial charge in [0.25, 0.3) is 0 Å². The van der Waals surface area contributed by atoms with Crippen molar-refractivity contribution in [3.63, 3.8) is 0 Å². The summed E-state index contributed by atoms with van der Waals surface area (Å²) in [6, 6.07) is 39.8. The van der Waals surface area contributed by atoms with E-state index in [1.807, 2.05) is 18.2 Å². The molecular weight excluding hydrogens is 436 g/mol. The van der Waals surface area contributed by atoms with Crippen molar-refractivity contribution >= 4 is 16.3 Å². The summed E-state index contributed by atoms with van der Waals surface area (Å²) in [5.74, 6) is 0.843. The van der Waals surface area contributed by atoms with Crippen molar-refractivity contribution < 1.29 is 4.74 Å². The lowest BCUT2D eigenvalue weighted by Gasteiger charge is -2.11. The van der Waals surface area contributed by atoms with Crippen LogP contribution in [0, 0.1) is 0 Å². The molecule has 0 spiro atoms. The predicted octanol–water partition coefficient (Wildman–Crippen LogP) is 8.07. The Morgan fingerprint density at radius 1 is 0.588 bits per heavy atom. The number of fused-ring (bicyclic) bond motifs is 1. The van der Waals surface area contributed by atoms with Crippen LogP contribution in [0.2, 0.25) is 0 Å². The van der Waals surface area contributed by atoms with Crippen LogP contribution >= 0.6 is 11.3 Å². The van der Waals surface area contributed by atoms with Gasteiger partial charge in [0.2, 0.25) is 0 Å². The Kier molecular flexibility index (Phi) is 5.21. The molecule has 164 valence electrons. The highest BCUT2D eigenvalue weighted by molar-refractivity contribution is 7.21. The van der Waals surface area contributed by atoms with Gasteiger partial charge in [-0.25, -0.2) is 4.98 Å². The molecule has 4 aromatic carbocycles. The van der Waals surface area contributed by atoms with Crippen molar-refractivity contribution in [3.8, 4) is 50.0 Å². The minimum Gasteiger partial charge on any atom is -0.497 e. The lowest BCUT2D eigenvalue weighted by Crippen LogP contribution is -1.93. The van der Waals surface area contributed by atoms with Crippen molar-refractivity contribution in [1.82, 2.24) is 9.38 Å². The van der Waals surface area contributed by atoms with Crippen LogP contribution in [0.3, 0.4) is 0 Å². The van der Waals surface area contributed by atoms with E-state index in [0.717, 1.165) is 44.5 Å². The Hall–Kier alpha value is -4.15. The number of ether oxygens (including phenoxy) is 1. The first-order valence-corrected chi connectivity index (χ1v) is 12.0. The number of aromatic nitrogens is 2. The van der Waals surface area contributed by atoms with Gasteiger partial charge in [-0.3, -0.25) is 4.40 Å². The standard InChI is InChI=1S/C30H22N2OS/c1-33-25-19-17-23(18-20-25)28-29(24-15-9-4-10-16-24)34-30-31-26(21-11-5-2-6-12-21)27(32(28)30)22-13-7-3-8-14-22/h2-20H,1H3. The number of methoxy groups -OCH3 is 1. The van der Waals surface area contributed by atoms with Gasteiger partial charge >= 0.3 is 0 Å². The smallest absolute Gasteiger partial charge is 0.195 e. The summed E-state index contributed by atoms with van der Waals surface area (Å²) in [5, 5.41) is 0. The van der Waals surface area contributed by atoms with Crippen molar-refractivity contribution in [2.75, 3.05) is 7.11 Å². The van der Waals surface area contributed by atoms with Crippen LogP contribution in [0.4, 0.5) is 0 Å². The molecule has 6 rings (SSSR count). The highest BCUT2D eigenvalue weighted by Gasteiger charge is 2.24. The molecular formula is C30H22N2OS. The number of hydrogen-bond donors (Lipinski definition) is 0. The molecule has 0 atom stereocenters. The number of rotatable bonds is 5. The van der Waals surface area contributed by atoms with E-state index in [-0.39, 0.29) is 0 Å². The number of imidazole rings is 1. The number of nitrogens with zero attached hydrogens (tertiary/aromatic N) is 2. The predicted molar refractivity (Wildman–Crippen MR) is 141 cm³/mol. The van der Waals surface area contributed by atoms with Crippen LogP contribution in [0.5, 0.6) is 5.75 Å². The molecule has 34 heavy (non-hydrogen) atoms. The minimum atomic E-state index is 0.843. The normalized spacial score (nSPS) is 11.1. The molecule has 6 aromatic rings. The maximum absolute atomic E-state index is 5.43. The average molecular weight is 459 g/mol. The molecule has 0 saturated carbocycles. The molecule has 2 aromatic heterocycles. The van der Waals surface area contributed by atoms with Crippen LogP contribution in [0.25, 0.3) is 49.2 Å². The Bertz CT molecular complexity index is 1550. The Morgan fingerprint density at radius 2 is 1.12 bits per heavy atom. The van der Waals surface area contributed by atoms with Crippen LogP contribution in [-0.2, 0) is 0 Å². The van der Waals surface area contributed by atoms with Gasteiger partial charge < -0.3 is 4.74 Å². The van der Waals surface area contributed by atoms with Gasteiger partial charge in [-0.2, -0.15) is 0 Å². The van der Waals surface area contributed by atoms with Crippen LogP contribution in [0.15, 0.2) is 115 Å². The van der Waals surface area contributed by atoms with E-state index in [9.17, 15) is 0 Å². The second-order valence-electron chi connectivity index (χ2n) is 8.03. The lowest BCUT2D eigenvalue weighted by molar-refractivity contribution is 0.415. The molecule has 0 N–H and O–H groups in total. The van der Waals surface area contributed by atoms with E-state index in [4.69, 9.17) is 9.72 Å². The number of hydrogen-bond acceptors (Lipinski definition) is 3. The van der Waals surface area contributed by atoms with Crippen LogP contribution < -0.4 is 4.74 Å². The molecule has 0 aliphatic heterocycles. The molecule has 4 heteroatoms. The Labute approximate surface area is 202 Å². The fourth-order valence-corrected chi connectivity index (χ4v) is 5.52. The molecule has 0 aliphatic rings. The molecule has 3 nitrogen and oxygen atoms in total. The maximum Gasteiger partial charge on any atom is 0.195 e. The third-order valence-corrected chi connectivity index (χ3v) is 7.06. The molecule has 0 unspecified atom stereocenters. The Balaban J connectivity index is 1.72. The quantitative estimate of drug-likeness (QED) is 0.261. The minimum absolute atomic E-state index is 0.843. The van der Waals surface area contributed by atoms with Crippen molar-refractivity contribution in [3.05, 3.63) is 115 Å². The SMILES string of the molecule is COc1ccc(-c2c(-c3ccccc3)sc3nc(-c4ccccc4)c(-c4ccccc4)n23)cc1. The summed E-state index contributed by atoms with van der Waals surface area (Å²) < 4.78 is 7.75. The highest BCUT2D eigenvalue weighted by Crippen LogP contribution is 2.45. The summed E-state index contributed by atoms with van der Waals surface area (Å²) in [4.78, 5) is 7.36. The van der Waals surface area contributed by atoms with E-state index < -0.39 is 0 Å². The fraction of sp³-hybridized carbons (Fsp3) is 0.0333. The van der Waals surface area contributed by atoms with Gasteiger partial charge in [-0.1, -0.05) is 102 Å². The largest absolute Gasteiger partial charge is 0.497 e. The average Bonchev–Trinajstić information content (AvgIpc) is 3.47.